The van der Waals surface area contributed by atoms with E-state index in [1.165, 1.54) is 0 Å². The van der Waals surface area contributed by atoms with Crippen LogP contribution in [-0.4, -0.2) is 37.0 Å². The Kier molecular flexibility index (Phi) is 6.40. The standard InChI is InChI=1S/C26H27N3O3/c1-19-8-3-4-13-24(19)25(30)27-21-10-6-11-22(17-21)29-15-7-14-28(26(29)31)18-20-9-5-12-23(16-20)32-2/h3-6,8-13,16-17H,7,14-15,18H2,1-2H3,(H,27,30). The van der Waals surface area contributed by atoms with Gasteiger partial charge in [0.2, 0.25) is 0 Å². The van der Waals surface area contributed by atoms with Crippen molar-refractivity contribution in [2.24, 2.45) is 0 Å². The molecule has 32 heavy (non-hydrogen) atoms. The first kappa shape index (κ1) is 21.4. The van der Waals surface area contributed by atoms with Crippen LogP contribution in [-0.2, 0) is 6.54 Å². The van der Waals surface area contributed by atoms with Gasteiger partial charge in [-0.05, 0) is 60.9 Å². The Hall–Kier alpha value is -3.80. The first-order valence-electron chi connectivity index (χ1n) is 10.7. The molecule has 0 bridgehead atoms. The number of nitrogens with one attached hydrogen (secondary N) is 1. The Morgan fingerprint density at radius 1 is 1.00 bits per heavy atom. The zero-order chi connectivity index (χ0) is 22.5. The van der Waals surface area contributed by atoms with Crippen molar-refractivity contribution in [2.45, 2.75) is 19.9 Å². The van der Waals surface area contributed by atoms with E-state index in [1.54, 1.807) is 18.1 Å². The molecule has 0 aromatic heterocycles. The lowest BCUT2D eigenvalue weighted by Crippen LogP contribution is -2.49. The lowest BCUT2D eigenvalue weighted by Gasteiger charge is -2.36. The Balaban J connectivity index is 1.49. The number of anilines is 2. The van der Waals surface area contributed by atoms with Crippen molar-refractivity contribution in [3.05, 3.63) is 89.5 Å². The molecule has 0 aliphatic carbocycles. The number of methoxy groups -OCH3 is 1. The Labute approximate surface area is 188 Å². The average molecular weight is 430 g/mol. The van der Waals surface area contributed by atoms with Gasteiger partial charge in [-0.25, -0.2) is 4.79 Å². The van der Waals surface area contributed by atoms with Crippen LogP contribution in [0.3, 0.4) is 0 Å². The fourth-order valence-electron chi connectivity index (χ4n) is 3.94. The van der Waals surface area contributed by atoms with E-state index >= 15 is 0 Å². The van der Waals surface area contributed by atoms with Gasteiger partial charge in [-0.2, -0.15) is 0 Å². The molecule has 1 heterocycles. The fourth-order valence-corrected chi connectivity index (χ4v) is 3.94. The minimum Gasteiger partial charge on any atom is -0.497 e. The molecule has 1 aliphatic heterocycles. The van der Waals surface area contributed by atoms with Crippen LogP contribution in [0, 0.1) is 6.92 Å². The van der Waals surface area contributed by atoms with Gasteiger partial charge in [-0.3, -0.25) is 9.69 Å². The summed E-state index contributed by atoms with van der Waals surface area (Å²) in [6.07, 6.45) is 0.871. The third-order valence-corrected chi connectivity index (χ3v) is 5.62. The molecule has 6 nitrogen and oxygen atoms in total. The van der Waals surface area contributed by atoms with Gasteiger partial charge in [0.1, 0.15) is 5.75 Å². The molecule has 0 unspecified atom stereocenters. The number of carbonyl (C=O) groups is 2. The summed E-state index contributed by atoms with van der Waals surface area (Å²) >= 11 is 0. The van der Waals surface area contributed by atoms with Crippen LogP contribution in [0.2, 0.25) is 0 Å². The maximum Gasteiger partial charge on any atom is 0.324 e. The summed E-state index contributed by atoms with van der Waals surface area (Å²) in [7, 11) is 1.64. The van der Waals surface area contributed by atoms with Crippen molar-refractivity contribution in [1.29, 1.82) is 0 Å². The molecule has 1 fully saturated rings. The van der Waals surface area contributed by atoms with E-state index in [0.29, 0.717) is 30.9 Å². The SMILES string of the molecule is COc1cccc(CN2CCCN(c3cccc(NC(=O)c4ccccc4C)c3)C2=O)c1. The lowest BCUT2D eigenvalue weighted by atomic mass is 10.1. The van der Waals surface area contributed by atoms with Crippen molar-refractivity contribution in [3.63, 3.8) is 0 Å². The summed E-state index contributed by atoms with van der Waals surface area (Å²) in [5.74, 6) is 0.616. The predicted molar refractivity (Wildman–Crippen MR) is 126 cm³/mol. The smallest absolute Gasteiger partial charge is 0.324 e. The van der Waals surface area contributed by atoms with Crippen molar-refractivity contribution in [2.75, 3.05) is 30.4 Å². The molecule has 164 valence electrons. The second kappa shape index (κ2) is 9.56. The molecule has 0 spiro atoms. The number of hydrogen-bond donors (Lipinski definition) is 1. The Morgan fingerprint density at radius 3 is 2.62 bits per heavy atom. The number of amides is 3. The van der Waals surface area contributed by atoms with E-state index in [4.69, 9.17) is 4.74 Å². The largest absolute Gasteiger partial charge is 0.497 e. The van der Waals surface area contributed by atoms with Gasteiger partial charge in [0.15, 0.2) is 0 Å². The van der Waals surface area contributed by atoms with Crippen LogP contribution in [0.25, 0.3) is 0 Å². The van der Waals surface area contributed by atoms with Crippen molar-refractivity contribution < 1.29 is 14.3 Å². The molecule has 1 N–H and O–H groups in total. The summed E-state index contributed by atoms with van der Waals surface area (Å²) in [4.78, 5) is 29.5. The molecule has 1 aliphatic rings. The molecule has 4 rings (SSSR count). The fraction of sp³-hybridized carbons (Fsp3) is 0.231. The van der Waals surface area contributed by atoms with Crippen LogP contribution in [0.15, 0.2) is 72.8 Å². The second-order valence-electron chi connectivity index (χ2n) is 7.88. The number of ether oxygens (including phenoxy) is 1. The Bertz CT molecular complexity index is 1130. The lowest BCUT2D eigenvalue weighted by molar-refractivity contribution is 0.102. The number of nitrogens with zero attached hydrogens (tertiary/aromatic N) is 2. The summed E-state index contributed by atoms with van der Waals surface area (Å²) in [5.41, 5.74) is 4.01. The normalized spacial score (nSPS) is 13.8. The minimum atomic E-state index is -0.162. The molecule has 0 saturated carbocycles. The topological polar surface area (TPSA) is 61.9 Å². The van der Waals surface area contributed by atoms with Crippen LogP contribution >= 0.6 is 0 Å². The van der Waals surface area contributed by atoms with Crippen LogP contribution in [0.5, 0.6) is 5.75 Å². The van der Waals surface area contributed by atoms with E-state index in [9.17, 15) is 9.59 Å². The van der Waals surface area contributed by atoms with Gasteiger partial charge in [0.25, 0.3) is 5.91 Å². The van der Waals surface area contributed by atoms with Gasteiger partial charge in [-0.15, -0.1) is 0 Å². The third-order valence-electron chi connectivity index (χ3n) is 5.62. The van der Waals surface area contributed by atoms with Gasteiger partial charge in [-0.1, -0.05) is 36.4 Å². The maximum absolute atomic E-state index is 13.2. The van der Waals surface area contributed by atoms with E-state index < -0.39 is 0 Å². The molecule has 0 radical (unpaired) electrons. The van der Waals surface area contributed by atoms with Crippen molar-refractivity contribution >= 4 is 23.3 Å². The Morgan fingerprint density at radius 2 is 1.81 bits per heavy atom. The first-order valence-corrected chi connectivity index (χ1v) is 10.7. The quantitative estimate of drug-likeness (QED) is 0.594. The highest BCUT2D eigenvalue weighted by molar-refractivity contribution is 6.05. The number of urea groups is 1. The molecule has 1 saturated heterocycles. The summed E-state index contributed by atoms with van der Waals surface area (Å²) in [5, 5.41) is 2.95. The minimum absolute atomic E-state index is 0.0403. The van der Waals surface area contributed by atoms with E-state index in [2.05, 4.69) is 5.32 Å². The summed E-state index contributed by atoms with van der Waals surface area (Å²) in [6, 6.07) is 22.7. The second-order valence-corrected chi connectivity index (χ2v) is 7.88. The maximum atomic E-state index is 13.2. The van der Waals surface area contributed by atoms with E-state index in [-0.39, 0.29) is 11.9 Å². The van der Waals surface area contributed by atoms with Crippen LogP contribution in [0.4, 0.5) is 16.2 Å². The predicted octanol–water partition coefficient (Wildman–Crippen LogP) is 5.09. The highest BCUT2D eigenvalue weighted by Crippen LogP contribution is 2.25. The average Bonchev–Trinajstić information content (AvgIpc) is 2.81. The molecule has 3 aromatic carbocycles. The molecule has 3 amide bonds. The zero-order valence-electron chi connectivity index (χ0n) is 18.4. The monoisotopic (exact) mass is 429 g/mol. The summed E-state index contributed by atoms with van der Waals surface area (Å²) in [6.45, 7) is 3.78. The van der Waals surface area contributed by atoms with E-state index in [0.717, 1.165) is 29.0 Å². The van der Waals surface area contributed by atoms with Crippen LogP contribution < -0.4 is 15.0 Å². The van der Waals surface area contributed by atoms with Gasteiger partial charge >= 0.3 is 6.03 Å². The molecular formula is C26H27N3O3. The van der Waals surface area contributed by atoms with Crippen LogP contribution in [0.1, 0.15) is 27.9 Å². The summed E-state index contributed by atoms with van der Waals surface area (Å²) < 4.78 is 5.30. The molecule has 3 aromatic rings. The number of carbonyl (C=O) groups excluding carboxylic acids is 2. The number of aryl methyl sites for hydroxylation is 1. The van der Waals surface area contributed by atoms with Crippen molar-refractivity contribution in [3.8, 4) is 5.75 Å². The van der Waals surface area contributed by atoms with Gasteiger partial charge < -0.3 is 15.0 Å². The third kappa shape index (κ3) is 4.75. The first-order chi connectivity index (χ1) is 15.5. The molecule has 0 atom stereocenters. The highest BCUT2D eigenvalue weighted by atomic mass is 16.5. The molecule has 6 heteroatoms. The van der Waals surface area contributed by atoms with Gasteiger partial charge in [0, 0.05) is 36.6 Å². The number of hydrogen-bond acceptors (Lipinski definition) is 3. The van der Waals surface area contributed by atoms with E-state index in [1.807, 2.05) is 78.6 Å². The van der Waals surface area contributed by atoms with Crippen molar-refractivity contribution in [1.82, 2.24) is 4.90 Å². The zero-order valence-corrected chi connectivity index (χ0v) is 18.4. The number of rotatable bonds is 6. The number of benzene rings is 3. The highest BCUT2D eigenvalue weighted by Gasteiger charge is 2.27. The molecular weight excluding hydrogens is 402 g/mol. The van der Waals surface area contributed by atoms with Gasteiger partial charge in [0.05, 0.1) is 7.11 Å².